The van der Waals surface area contributed by atoms with Crippen LogP contribution in [0.5, 0.6) is 0 Å². The first kappa shape index (κ1) is 23.2. The van der Waals surface area contributed by atoms with Gasteiger partial charge in [0, 0.05) is 0 Å². The molecule has 0 fully saturated rings. The van der Waals surface area contributed by atoms with Crippen molar-refractivity contribution in [3.8, 4) is 0 Å². The maximum Gasteiger partial charge on any atom is 0.117 e. The van der Waals surface area contributed by atoms with Crippen LogP contribution < -0.4 is 28.3 Å². The summed E-state index contributed by atoms with van der Waals surface area (Å²) in [4.78, 5) is 1.35. The highest BCUT2D eigenvalue weighted by molar-refractivity contribution is 9.14. The molecule has 0 N–H and O–H groups in total. The first-order valence-corrected chi connectivity index (χ1v) is 14.0. The van der Waals surface area contributed by atoms with Crippen LogP contribution in [0.25, 0.3) is 0 Å². The summed E-state index contributed by atoms with van der Waals surface area (Å²) in [5.74, 6) is 0. The van der Waals surface area contributed by atoms with Crippen molar-refractivity contribution in [1.29, 1.82) is 0 Å². The molecule has 0 spiro atoms. The third-order valence-corrected chi connectivity index (χ3v) is 14.5. The van der Waals surface area contributed by atoms with Crippen molar-refractivity contribution < 1.29 is 12.4 Å². The molecule has 1 heterocycles. The molecule has 0 unspecified atom stereocenters. The smallest absolute Gasteiger partial charge is 0.117 e. The third-order valence-electron chi connectivity index (χ3n) is 4.79. The Morgan fingerprint density at radius 1 is 0.586 bits per heavy atom. The van der Waals surface area contributed by atoms with Gasteiger partial charge in [0.1, 0.15) is 29.3 Å². The highest BCUT2D eigenvalue weighted by Gasteiger charge is 2.46. The first-order chi connectivity index (χ1) is 13.6. The lowest BCUT2D eigenvalue weighted by molar-refractivity contribution is -0.00000497. The minimum atomic E-state index is -1.87. The highest BCUT2D eigenvalue weighted by Crippen LogP contribution is 2.60. The van der Waals surface area contributed by atoms with Crippen LogP contribution in [0.3, 0.4) is 0 Å². The van der Waals surface area contributed by atoms with E-state index in [4.69, 9.17) is 0 Å². The summed E-state index contributed by atoms with van der Waals surface area (Å²) in [5.41, 5.74) is 0. The maximum absolute atomic E-state index is 3.82. The predicted octanol–water partition coefficient (Wildman–Crippen LogP) is 4.53. The zero-order valence-electron chi connectivity index (χ0n) is 15.2. The van der Waals surface area contributed by atoms with E-state index >= 15 is 0 Å². The monoisotopic (exact) mass is 628 g/mol. The van der Waals surface area contributed by atoms with Gasteiger partial charge in [-0.2, -0.15) is 0 Å². The number of hydrogen-bond acceptors (Lipinski definition) is 1. The van der Waals surface area contributed by atoms with Crippen molar-refractivity contribution in [2.75, 3.05) is 0 Å². The van der Waals surface area contributed by atoms with Gasteiger partial charge in [0.05, 0.1) is 17.6 Å². The molecule has 0 radical (unpaired) electrons. The molecule has 1 aromatic heterocycles. The van der Waals surface area contributed by atoms with Crippen LogP contribution in [-0.4, -0.2) is 0 Å². The van der Waals surface area contributed by atoms with Crippen molar-refractivity contribution in [1.82, 2.24) is 0 Å². The topological polar surface area (TPSA) is 0 Å². The standard InChI is InChI=1S/C23H17Br3PS.ClH/c24-21-20(28-23(26)22(21)25)16-27(17-10-4-1-5-11-17,18-12-6-2-7-13-18)19-14-8-3-9-15-19;/h1-15H,16H2;1H/q+1;/p-1. The fourth-order valence-corrected chi connectivity index (χ4v) is 11.6. The van der Waals surface area contributed by atoms with Crippen LogP contribution in [0, 0.1) is 0 Å². The normalized spacial score (nSPS) is 11.1. The Labute approximate surface area is 207 Å². The maximum atomic E-state index is 3.82. The number of hydrogen-bond donors (Lipinski definition) is 0. The van der Waals surface area contributed by atoms with E-state index in [0.717, 1.165) is 18.9 Å². The average Bonchev–Trinajstić information content (AvgIpc) is 3.00. The minimum absolute atomic E-state index is 0. The van der Waals surface area contributed by atoms with E-state index in [2.05, 4.69) is 139 Å². The second-order valence-electron chi connectivity index (χ2n) is 6.40. The molecule has 0 nitrogen and oxygen atoms in total. The van der Waals surface area contributed by atoms with E-state index in [0.29, 0.717) is 0 Å². The molecule has 0 bridgehead atoms. The summed E-state index contributed by atoms with van der Waals surface area (Å²) >= 11 is 13.0. The van der Waals surface area contributed by atoms with Crippen LogP contribution in [0.1, 0.15) is 4.88 Å². The summed E-state index contributed by atoms with van der Waals surface area (Å²) < 4.78 is 3.37. The fourth-order valence-electron chi connectivity index (χ4n) is 3.49. The van der Waals surface area contributed by atoms with E-state index in [1.165, 1.54) is 20.8 Å². The number of rotatable bonds is 5. The minimum Gasteiger partial charge on any atom is -1.00 e. The molecular weight excluding hydrogens is 614 g/mol. The Balaban J connectivity index is 0.00000240. The van der Waals surface area contributed by atoms with Gasteiger partial charge in [0.25, 0.3) is 0 Å². The fraction of sp³-hybridized carbons (Fsp3) is 0.0435. The van der Waals surface area contributed by atoms with Gasteiger partial charge in [-0.05, 0) is 84.2 Å². The van der Waals surface area contributed by atoms with Crippen molar-refractivity contribution in [2.24, 2.45) is 0 Å². The Morgan fingerprint density at radius 2 is 0.966 bits per heavy atom. The Morgan fingerprint density at radius 3 is 1.28 bits per heavy atom. The summed E-state index contributed by atoms with van der Waals surface area (Å²) in [5, 5.41) is 4.21. The van der Waals surface area contributed by atoms with Gasteiger partial charge in [-0.1, -0.05) is 54.6 Å². The molecule has 0 saturated carbocycles. The second-order valence-corrected chi connectivity index (χ2v) is 13.9. The van der Waals surface area contributed by atoms with Crippen molar-refractivity contribution in [2.45, 2.75) is 6.16 Å². The summed E-state index contributed by atoms with van der Waals surface area (Å²) in [7, 11) is -1.87. The lowest BCUT2D eigenvalue weighted by atomic mass is 10.4. The lowest BCUT2D eigenvalue weighted by Crippen LogP contribution is -3.00. The lowest BCUT2D eigenvalue weighted by Gasteiger charge is -2.27. The zero-order valence-corrected chi connectivity index (χ0v) is 22.5. The molecule has 29 heavy (non-hydrogen) atoms. The summed E-state index contributed by atoms with van der Waals surface area (Å²) in [6, 6.07) is 33.0. The Bertz CT molecular complexity index is 973. The van der Waals surface area contributed by atoms with E-state index in [9.17, 15) is 0 Å². The number of thiophene rings is 1. The highest BCUT2D eigenvalue weighted by atomic mass is 79.9. The van der Waals surface area contributed by atoms with Crippen molar-refractivity contribution >= 4 is 82.3 Å². The SMILES string of the molecule is Brc1sc(C[P+](c2ccccc2)(c2ccccc2)c2ccccc2)c(Br)c1Br.[Cl-]. The number of halogens is 4. The molecule has 3 aromatic carbocycles. The first-order valence-electron chi connectivity index (χ1n) is 8.80. The van der Waals surface area contributed by atoms with Gasteiger partial charge in [0.2, 0.25) is 0 Å². The third kappa shape index (κ3) is 4.59. The van der Waals surface area contributed by atoms with E-state index in [-0.39, 0.29) is 12.4 Å². The van der Waals surface area contributed by atoms with Gasteiger partial charge in [-0.3, -0.25) is 0 Å². The molecule has 0 aliphatic carbocycles. The van der Waals surface area contributed by atoms with Crippen LogP contribution in [-0.2, 0) is 6.16 Å². The Kier molecular flexibility index (Phi) is 8.17. The average molecular weight is 632 g/mol. The zero-order chi connectivity index (χ0) is 19.6. The number of benzene rings is 3. The van der Waals surface area contributed by atoms with Gasteiger partial charge in [-0.15, -0.1) is 11.3 Å². The van der Waals surface area contributed by atoms with Crippen LogP contribution in [0.4, 0.5) is 0 Å². The van der Waals surface area contributed by atoms with Gasteiger partial charge in [-0.25, -0.2) is 0 Å². The quantitative estimate of drug-likeness (QED) is 0.284. The predicted molar refractivity (Wildman–Crippen MR) is 136 cm³/mol. The molecule has 148 valence electrons. The molecule has 0 amide bonds. The summed E-state index contributed by atoms with van der Waals surface area (Å²) in [6.45, 7) is 0. The van der Waals surface area contributed by atoms with Crippen molar-refractivity contribution in [3.05, 3.63) is 109 Å². The van der Waals surface area contributed by atoms with Gasteiger partial charge < -0.3 is 12.4 Å². The van der Waals surface area contributed by atoms with Crippen LogP contribution in [0.2, 0.25) is 0 Å². The van der Waals surface area contributed by atoms with Gasteiger partial charge >= 0.3 is 0 Å². The van der Waals surface area contributed by atoms with Crippen LogP contribution in [0.15, 0.2) is 104 Å². The van der Waals surface area contributed by atoms with E-state index in [1.807, 2.05) is 0 Å². The molecule has 0 saturated heterocycles. The molecule has 0 atom stereocenters. The van der Waals surface area contributed by atoms with E-state index in [1.54, 1.807) is 11.3 Å². The van der Waals surface area contributed by atoms with Crippen molar-refractivity contribution in [3.63, 3.8) is 0 Å². The molecule has 6 heteroatoms. The largest absolute Gasteiger partial charge is 1.00 e. The summed E-state index contributed by atoms with van der Waals surface area (Å²) in [6.07, 6.45) is 0.973. The van der Waals surface area contributed by atoms with Gasteiger partial charge in [0.15, 0.2) is 0 Å². The molecule has 4 aromatic rings. The second kappa shape index (κ2) is 10.2. The van der Waals surface area contributed by atoms with Crippen LogP contribution >= 0.6 is 66.4 Å². The molecule has 0 aliphatic rings. The molecule has 0 aliphatic heterocycles. The Hall–Kier alpha value is -0.480. The van der Waals surface area contributed by atoms with E-state index < -0.39 is 7.26 Å². The molecular formula is C23H17Br3ClPS. The molecule has 4 rings (SSSR count).